The third-order valence-corrected chi connectivity index (χ3v) is 4.29. The van der Waals surface area contributed by atoms with Crippen molar-refractivity contribution >= 4 is 11.9 Å². The van der Waals surface area contributed by atoms with Gasteiger partial charge >= 0.3 is 5.97 Å². The second kappa shape index (κ2) is 7.66. The van der Waals surface area contributed by atoms with Gasteiger partial charge in [-0.2, -0.15) is 0 Å². The highest BCUT2D eigenvalue weighted by molar-refractivity contribution is 5.97. The Morgan fingerprint density at radius 3 is 2.26 bits per heavy atom. The maximum absolute atomic E-state index is 12.5. The summed E-state index contributed by atoms with van der Waals surface area (Å²) in [6.07, 6.45) is 1.99. The van der Waals surface area contributed by atoms with Crippen molar-refractivity contribution in [1.29, 1.82) is 0 Å². The number of hydrogen-bond acceptors (Lipinski definition) is 4. The third kappa shape index (κ3) is 4.76. The van der Waals surface area contributed by atoms with Crippen molar-refractivity contribution in [3.8, 4) is 0 Å². The average molecular weight is 365 g/mol. The van der Waals surface area contributed by atoms with Gasteiger partial charge in [0.15, 0.2) is 0 Å². The Bertz CT molecular complexity index is 871. The second-order valence-electron chi connectivity index (χ2n) is 7.03. The zero-order valence-corrected chi connectivity index (χ0v) is 15.8. The summed E-state index contributed by atoms with van der Waals surface area (Å²) in [5.41, 5.74) is 3.44. The number of amides is 1. The van der Waals surface area contributed by atoms with E-state index in [9.17, 15) is 9.59 Å². The van der Waals surface area contributed by atoms with Gasteiger partial charge in [0.2, 0.25) is 11.5 Å². The summed E-state index contributed by atoms with van der Waals surface area (Å²) in [6.45, 7) is 3.68. The van der Waals surface area contributed by atoms with Crippen LogP contribution in [0.15, 0.2) is 66.4 Å². The lowest BCUT2D eigenvalue weighted by Crippen LogP contribution is -2.25. The number of ether oxygens (including phenoxy) is 2. The molecule has 1 amide bonds. The van der Waals surface area contributed by atoms with Crippen LogP contribution in [-0.4, -0.2) is 29.6 Å². The zero-order chi connectivity index (χ0) is 19.4. The van der Waals surface area contributed by atoms with Gasteiger partial charge in [0.05, 0.1) is 6.08 Å². The van der Waals surface area contributed by atoms with E-state index in [2.05, 4.69) is 18.2 Å². The molecule has 1 heterocycles. The van der Waals surface area contributed by atoms with Crippen LogP contribution in [0.25, 0.3) is 0 Å². The number of rotatable bonds is 5. The molecule has 5 nitrogen and oxygen atoms in total. The van der Waals surface area contributed by atoms with E-state index < -0.39 is 11.8 Å². The molecule has 0 radical (unpaired) electrons. The van der Waals surface area contributed by atoms with Crippen LogP contribution in [0.5, 0.6) is 0 Å². The summed E-state index contributed by atoms with van der Waals surface area (Å²) < 4.78 is 10.4. The number of hydrogen-bond donors (Lipinski definition) is 0. The van der Waals surface area contributed by atoms with Crippen LogP contribution in [0.4, 0.5) is 0 Å². The fourth-order valence-electron chi connectivity index (χ4n) is 2.94. The molecule has 0 atom stereocenters. The molecular formula is C22H23NO4. The summed E-state index contributed by atoms with van der Waals surface area (Å²) in [6, 6.07) is 18.2. The summed E-state index contributed by atoms with van der Waals surface area (Å²) in [7, 11) is 1.70. The van der Waals surface area contributed by atoms with Crippen molar-refractivity contribution in [2.45, 2.75) is 32.6 Å². The number of nitrogens with zero attached hydrogens (tertiary/aromatic N) is 1. The van der Waals surface area contributed by atoms with E-state index in [-0.39, 0.29) is 11.7 Å². The van der Waals surface area contributed by atoms with E-state index in [0.29, 0.717) is 6.54 Å². The molecule has 0 N–H and O–H groups in total. The zero-order valence-electron chi connectivity index (χ0n) is 15.8. The predicted octanol–water partition coefficient (Wildman–Crippen LogP) is 3.43. The van der Waals surface area contributed by atoms with Crippen molar-refractivity contribution < 1.29 is 19.1 Å². The minimum atomic E-state index is -1.04. The first-order chi connectivity index (χ1) is 12.8. The topological polar surface area (TPSA) is 55.8 Å². The Labute approximate surface area is 159 Å². The molecule has 5 heteroatoms. The number of likely N-dealkylation sites (N-methyl/N-ethyl adjacent to an activating group) is 1. The summed E-state index contributed by atoms with van der Waals surface area (Å²) in [5.74, 6) is -2.03. The van der Waals surface area contributed by atoms with Crippen molar-refractivity contribution in [1.82, 2.24) is 4.90 Å². The van der Waals surface area contributed by atoms with Crippen LogP contribution < -0.4 is 0 Å². The van der Waals surface area contributed by atoms with Crippen molar-refractivity contribution in [2.75, 3.05) is 7.05 Å². The lowest BCUT2D eigenvalue weighted by atomic mass is 9.99. The standard InChI is InChI=1S/C22H23NO4/c1-22(2)26-19(21(25)27-22)14-20(24)23(3)15-18-12-8-7-11-17(18)13-16-9-5-4-6-10-16/h4-12,14H,13,15H2,1-3H3/b19-14+. The molecule has 3 rings (SSSR count). The Morgan fingerprint density at radius 1 is 1.00 bits per heavy atom. The maximum atomic E-state index is 12.5. The van der Waals surface area contributed by atoms with Gasteiger partial charge in [-0.3, -0.25) is 4.79 Å². The number of carbonyl (C=O) groups excluding carboxylic acids is 2. The summed E-state index contributed by atoms with van der Waals surface area (Å²) >= 11 is 0. The molecule has 0 bridgehead atoms. The van der Waals surface area contributed by atoms with E-state index in [1.807, 2.05) is 36.4 Å². The Kier molecular flexibility index (Phi) is 5.31. The van der Waals surface area contributed by atoms with Crippen LogP contribution in [0.3, 0.4) is 0 Å². The van der Waals surface area contributed by atoms with Crippen LogP contribution in [0, 0.1) is 0 Å². The van der Waals surface area contributed by atoms with Crippen LogP contribution >= 0.6 is 0 Å². The predicted molar refractivity (Wildman–Crippen MR) is 102 cm³/mol. The van der Waals surface area contributed by atoms with Crippen molar-refractivity contribution in [3.05, 3.63) is 83.1 Å². The van der Waals surface area contributed by atoms with Crippen LogP contribution in [0.1, 0.15) is 30.5 Å². The lowest BCUT2D eigenvalue weighted by Gasteiger charge is -2.18. The maximum Gasteiger partial charge on any atom is 0.377 e. The Hall–Kier alpha value is -3.08. The van der Waals surface area contributed by atoms with Crippen molar-refractivity contribution in [2.24, 2.45) is 0 Å². The average Bonchev–Trinajstić information content (AvgIpc) is 2.89. The number of carbonyl (C=O) groups is 2. The molecule has 2 aromatic carbocycles. The minimum absolute atomic E-state index is 0.0607. The van der Waals surface area contributed by atoms with E-state index in [4.69, 9.17) is 9.47 Å². The van der Waals surface area contributed by atoms with Gasteiger partial charge in [0.1, 0.15) is 0 Å². The van der Waals surface area contributed by atoms with Crippen molar-refractivity contribution in [3.63, 3.8) is 0 Å². The van der Waals surface area contributed by atoms with Gasteiger partial charge in [-0.05, 0) is 23.1 Å². The van der Waals surface area contributed by atoms with Gasteiger partial charge in [0, 0.05) is 27.4 Å². The van der Waals surface area contributed by atoms with E-state index in [1.165, 1.54) is 11.6 Å². The van der Waals surface area contributed by atoms with Gasteiger partial charge in [-0.1, -0.05) is 54.6 Å². The lowest BCUT2D eigenvalue weighted by molar-refractivity contribution is -0.159. The van der Waals surface area contributed by atoms with E-state index >= 15 is 0 Å². The molecule has 0 unspecified atom stereocenters. The highest BCUT2D eigenvalue weighted by Gasteiger charge is 2.38. The van der Waals surface area contributed by atoms with E-state index in [0.717, 1.165) is 17.5 Å². The molecule has 1 saturated heterocycles. The molecule has 0 aromatic heterocycles. The molecule has 0 saturated carbocycles. The SMILES string of the molecule is CN(Cc1ccccc1Cc1ccccc1)C(=O)/C=C1/OC(C)(C)OC1=O. The highest BCUT2D eigenvalue weighted by atomic mass is 16.8. The molecule has 1 aliphatic heterocycles. The molecule has 140 valence electrons. The molecular weight excluding hydrogens is 342 g/mol. The number of esters is 1. The smallest absolute Gasteiger partial charge is 0.377 e. The van der Waals surface area contributed by atoms with Crippen LogP contribution in [-0.2, 0) is 32.0 Å². The van der Waals surface area contributed by atoms with Gasteiger partial charge in [-0.15, -0.1) is 0 Å². The van der Waals surface area contributed by atoms with Gasteiger partial charge in [0.25, 0.3) is 5.91 Å². The largest absolute Gasteiger partial charge is 0.445 e. The minimum Gasteiger partial charge on any atom is -0.445 e. The normalized spacial score (nSPS) is 16.7. The fourth-order valence-corrected chi connectivity index (χ4v) is 2.94. The molecule has 1 aliphatic rings. The van der Waals surface area contributed by atoms with E-state index in [1.54, 1.807) is 25.8 Å². The highest BCUT2D eigenvalue weighted by Crippen LogP contribution is 2.26. The monoisotopic (exact) mass is 365 g/mol. The molecule has 27 heavy (non-hydrogen) atoms. The summed E-state index contributed by atoms with van der Waals surface area (Å²) in [4.78, 5) is 25.8. The molecule has 0 spiro atoms. The Balaban J connectivity index is 1.72. The third-order valence-electron chi connectivity index (χ3n) is 4.29. The number of cyclic esters (lactones) is 1. The Morgan fingerprint density at radius 2 is 1.63 bits per heavy atom. The van der Waals surface area contributed by atoms with Gasteiger partial charge in [-0.25, -0.2) is 4.79 Å². The first kappa shape index (κ1) is 18.7. The molecule has 1 fully saturated rings. The first-order valence-electron chi connectivity index (χ1n) is 8.84. The second-order valence-corrected chi connectivity index (χ2v) is 7.03. The summed E-state index contributed by atoms with van der Waals surface area (Å²) in [5, 5.41) is 0. The number of benzene rings is 2. The fraction of sp³-hybridized carbons (Fsp3) is 0.273. The quantitative estimate of drug-likeness (QED) is 0.602. The van der Waals surface area contributed by atoms with Crippen LogP contribution in [0.2, 0.25) is 0 Å². The molecule has 0 aliphatic carbocycles. The van der Waals surface area contributed by atoms with Gasteiger partial charge < -0.3 is 14.4 Å². The molecule has 2 aromatic rings. The first-order valence-corrected chi connectivity index (χ1v) is 8.84.